The lowest BCUT2D eigenvalue weighted by atomic mass is 10.1. The third kappa shape index (κ3) is 6.79. The molecule has 3 rings (SSSR count). The molecule has 30 heavy (non-hydrogen) atoms. The second kappa shape index (κ2) is 10.0. The summed E-state index contributed by atoms with van der Waals surface area (Å²) in [6, 6.07) is 20.7. The molecule has 7 heteroatoms. The molecule has 2 aromatic carbocycles. The Morgan fingerprint density at radius 2 is 1.80 bits per heavy atom. The Kier molecular flexibility index (Phi) is 7.42. The molecule has 0 saturated heterocycles. The lowest BCUT2D eigenvalue weighted by Crippen LogP contribution is -2.34. The zero-order valence-corrected chi connectivity index (χ0v) is 18.8. The summed E-state index contributed by atoms with van der Waals surface area (Å²) in [6.45, 7) is 3.75. The highest BCUT2D eigenvalue weighted by Crippen LogP contribution is 2.18. The van der Waals surface area contributed by atoms with Crippen LogP contribution in [0.25, 0.3) is 0 Å². The zero-order chi connectivity index (χ0) is 21.6. The topological polar surface area (TPSA) is 66.5 Å². The van der Waals surface area contributed by atoms with E-state index in [1.165, 1.54) is 27.5 Å². The van der Waals surface area contributed by atoms with Gasteiger partial charge in [0.05, 0.1) is 11.4 Å². The highest BCUT2D eigenvalue weighted by molar-refractivity contribution is 7.90. The molecular weight excluding hydrogens is 416 g/mol. The van der Waals surface area contributed by atoms with Crippen LogP contribution in [-0.4, -0.2) is 38.6 Å². The van der Waals surface area contributed by atoms with E-state index in [0.717, 1.165) is 19.2 Å². The zero-order valence-electron chi connectivity index (χ0n) is 17.2. The molecule has 1 aromatic heterocycles. The van der Waals surface area contributed by atoms with Crippen molar-refractivity contribution >= 4 is 32.8 Å². The fourth-order valence-electron chi connectivity index (χ4n) is 3.14. The van der Waals surface area contributed by atoms with Crippen LogP contribution in [0.5, 0.6) is 0 Å². The highest BCUT2D eigenvalue weighted by atomic mass is 32.2. The van der Waals surface area contributed by atoms with Gasteiger partial charge in [-0.25, -0.2) is 8.42 Å². The summed E-state index contributed by atoms with van der Waals surface area (Å²) >= 11 is 1.73. The van der Waals surface area contributed by atoms with Crippen LogP contribution in [0.2, 0.25) is 0 Å². The van der Waals surface area contributed by atoms with E-state index in [1.807, 2.05) is 18.2 Å². The molecule has 0 atom stereocenters. The third-order valence-corrected chi connectivity index (χ3v) is 6.74. The quantitative estimate of drug-likeness (QED) is 0.541. The SMILES string of the molecule is Cc1ccc(CN(CCc2ccccc2)CC(=O)Nc2cccc(S(C)(=O)=O)c2)s1. The van der Waals surface area contributed by atoms with Crippen molar-refractivity contribution in [2.45, 2.75) is 24.8 Å². The fraction of sp³-hybridized carbons (Fsp3) is 0.261. The van der Waals surface area contributed by atoms with Gasteiger partial charge < -0.3 is 5.32 Å². The van der Waals surface area contributed by atoms with E-state index < -0.39 is 9.84 Å². The molecule has 0 fully saturated rings. The number of rotatable bonds is 9. The van der Waals surface area contributed by atoms with Crippen molar-refractivity contribution in [1.82, 2.24) is 4.90 Å². The second-order valence-corrected chi connectivity index (χ2v) is 10.7. The molecule has 0 unspecified atom stereocenters. The Balaban J connectivity index is 1.67. The second-order valence-electron chi connectivity index (χ2n) is 7.31. The molecule has 0 saturated carbocycles. The standard InChI is InChI=1S/C23H26N2O3S2/c1-18-11-12-21(29-18)16-25(14-13-19-7-4-3-5-8-19)17-23(26)24-20-9-6-10-22(15-20)30(2,27)28/h3-12,15H,13-14,16-17H2,1-2H3,(H,24,26). The normalized spacial score (nSPS) is 11.6. The van der Waals surface area contributed by atoms with E-state index in [9.17, 15) is 13.2 Å². The average molecular weight is 443 g/mol. The molecule has 158 valence electrons. The van der Waals surface area contributed by atoms with Gasteiger partial charge in [0.2, 0.25) is 5.91 Å². The van der Waals surface area contributed by atoms with Crippen LogP contribution in [0.15, 0.2) is 71.6 Å². The number of hydrogen-bond donors (Lipinski definition) is 1. The monoisotopic (exact) mass is 442 g/mol. The number of hydrogen-bond acceptors (Lipinski definition) is 5. The predicted molar refractivity (Wildman–Crippen MR) is 123 cm³/mol. The molecule has 0 aliphatic rings. The van der Waals surface area contributed by atoms with E-state index in [2.05, 4.69) is 41.4 Å². The van der Waals surface area contributed by atoms with Crippen molar-refractivity contribution in [2.75, 3.05) is 24.7 Å². The van der Waals surface area contributed by atoms with Gasteiger partial charge in [0, 0.05) is 34.8 Å². The molecule has 5 nitrogen and oxygen atoms in total. The summed E-state index contributed by atoms with van der Waals surface area (Å²) in [6.07, 6.45) is 2.00. The Labute approximate surface area is 182 Å². The van der Waals surface area contributed by atoms with Gasteiger partial charge in [-0.05, 0) is 49.2 Å². The van der Waals surface area contributed by atoms with Gasteiger partial charge >= 0.3 is 0 Å². The summed E-state index contributed by atoms with van der Waals surface area (Å²) in [7, 11) is -3.32. The van der Waals surface area contributed by atoms with Gasteiger partial charge in [-0.15, -0.1) is 11.3 Å². The lowest BCUT2D eigenvalue weighted by Gasteiger charge is -2.21. The summed E-state index contributed by atoms with van der Waals surface area (Å²) in [5.74, 6) is -0.165. The van der Waals surface area contributed by atoms with Crippen LogP contribution in [0.1, 0.15) is 15.3 Å². The van der Waals surface area contributed by atoms with E-state index in [0.29, 0.717) is 12.2 Å². The van der Waals surface area contributed by atoms with Crippen molar-refractivity contribution in [3.05, 3.63) is 82.0 Å². The third-order valence-electron chi connectivity index (χ3n) is 4.65. The first-order chi connectivity index (χ1) is 14.3. The lowest BCUT2D eigenvalue weighted by molar-refractivity contribution is -0.117. The maximum Gasteiger partial charge on any atom is 0.238 e. The number of benzene rings is 2. The van der Waals surface area contributed by atoms with Gasteiger partial charge in [-0.2, -0.15) is 0 Å². The summed E-state index contributed by atoms with van der Waals surface area (Å²) in [5.41, 5.74) is 1.71. The fourth-order valence-corrected chi connectivity index (χ4v) is 4.74. The van der Waals surface area contributed by atoms with Crippen LogP contribution < -0.4 is 5.32 Å². The van der Waals surface area contributed by atoms with Gasteiger partial charge in [-0.3, -0.25) is 9.69 Å². The van der Waals surface area contributed by atoms with E-state index in [-0.39, 0.29) is 17.3 Å². The van der Waals surface area contributed by atoms with Gasteiger partial charge in [0.15, 0.2) is 9.84 Å². The van der Waals surface area contributed by atoms with Crippen molar-refractivity contribution in [1.29, 1.82) is 0 Å². The van der Waals surface area contributed by atoms with Crippen LogP contribution in [0.3, 0.4) is 0 Å². The van der Waals surface area contributed by atoms with E-state index in [1.54, 1.807) is 23.5 Å². The Hall–Kier alpha value is -2.48. The minimum absolute atomic E-state index is 0.165. The number of nitrogens with zero attached hydrogens (tertiary/aromatic N) is 1. The first-order valence-electron chi connectivity index (χ1n) is 9.71. The van der Waals surface area contributed by atoms with Gasteiger partial charge in [0.1, 0.15) is 0 Å². The van der Waals surface area contributed by atoms with Gasteiger partial charge in [0.25, 0.3) is 0 Å². The van der Waals surface area contributed by atoms with E-state index >= 15 is 0 Å². The average Bonchev–Trinajstić information content (AvgIpc) is 3.11. The molecule has 0 aliphatic carbocycles. The van der Waals surface area contributed by atoms with Crippen molar-refractivity contribution in [3.63, 3.8) is 0 Å². The molecule has 0 radical (unpaired) electrons. The minimum Gasteiger partial charge on any atom is -0.325 e. The molecule has 1 N–H and O–H groups in total. The summed E-state index contributed by atoms with van der Waals surface area (Å²) < 4.78 is 23.5. The van der Waals surface area contributed by atoms with Crippen LogP contribution in [0, 0.1) is 6.92 Å². The van der Waals surface area contributed by atoms with Crippen molar-refractivity contribution in [2.24, 2.45) is 0 Å². The minimum atomic E-state index is -3.32. The number of thiophene rings is 1. The van der Waals surface area contributed by atoms with Crippen molar-refractivity contribution < 1.29 is 13.2 Å². The number of nitrogens with one attached hydrogen (secondary N) is 1. The molecule has 1 amide bonds. The van der Waals surface area contributed by atoms with E-state index in [4.69, 9.17) is 0 Å². The first kappa shape index (κ1) is 22.2. The number of amides is 1. The summed E-state index contributed by atoms with van der Waals surface area (Å²) in [5, 5.41) is 2.83. The number of sulfone groups is 1. The number of anilines is 1. The van der Waals surface area contributed by atoms with Crippen LogP contribution in [0.4, 0.5) is 5.69 Å². The first-order valence-corrected chi connectivity index (χ1v) is 12.4. The molecule has 0 spiro atoms. The molecular formula is C23H26N2O3S2. The Bertz CT molecular complexity index is 1090. The largest absolute Gasteiger partial charge is 0.325 e. The smallest absolute Gasteiger partial charge is 0.238 e. The molecule has 3 aromatic rings. The Morgan fingerprint density at radius 3 is 2.47 bits per heavy atom. The van der Waals surface area contributed by atoms with Crippen LogP contribution >= 0.6 is 11.3 Å². The maximum absolute atomic E-state index is 12.7. The number of aryl methyl sites for hydroxylation is 1. The molecule has 1 heterocycles. The van der Waals surface area contributed by atoms with Crippen molar-refractivity contribution in [3.8, 4) is 0 Å². The molecule has 0 aliphatic heterocycles. The van der Waals surface area contributed by atoms with Gasteiger partial charge in [-0.1, -0.05) is 36.4 Å². The number of carbonyl (C=O) groups is 1. The number of carbonyl (C=O) groups excluding carboxylic acids is 1. The Morgan fingerprint density at radius 1 is 1.03 bits per heavy atom. The predicted octanol–water partition coefficient (Wildman–Crippen LogP) is 4.14. The molecule has 0 bridgehead atoms. The maximum atomic E-state index is 12.7. The highest BCUT2D eigenvalue weighted by Gasteiger charge is 2.14. The van der Waals surface area contributed by atoms with Crippen LogP contribution in [-0.2, 0) is 27.6 Å². The summed E-state index contributed by atoms with van der Waals surface area (Å²) in [4.78, 5) is 17.5.